The van der Waals surface area contributed by atoms with Crippen LogP contribution < -0.4 is 0 Å². The van der Waals surface area contributed by atoms with Crippen LogP contribution in [0.3, 0.4) is 0 Å². The first-order chi connectivity index (χ1) is 8.50. The summed E-state index contributed by atoms with van der Waals surface area (Å²) < 4.78 is 1.23. The van der Waals surface area contributed by atoms with Crippen molar-refractivity contribution < 1.29 is 4.48 Å². The average Bonchev–Trinajstić information content (AvgIpc) is 2.52. The quantitative estimate of drug-likeness (QED) is 0.597. The maximum Gasteiger partial charge on any atom is 0.0816 e. The van der Waals surface area contributed by atoms with E-state index in [1.54, 1.807) is 0 Å². The van der Waals surface area contributed by atoms with Gasteiger partial charge >= 0.3 is 0 Å². The molecule has 114 valence electrons. The Morgan fingerprint density at radius 3 is 1.37 bits per heavy atom. The predicted octanol–water partition coefficient (Wildman–Crippen LogP) is 4.96. The van der Waals surface area contributed by atoms with Gasteiger partial charge in [-0.25, -0.2) is 0 Å². The lowest BCUT2D eigenvalue weighted by molar-refractivity contribution is -0.880. The van der Waals surface area contributed by atoms with Crippen LogP contribution in [0.2, 0.25) is 0 Å². The van der Waals surface area contributed by atoms with Gasteiger partial charge in [0.25, 0.3) is 0 Å². The lowest BCUT2D eigenvalue weighted by atomic mass is 9.72. The van der Waals surface area contributed by atoms with Gasteiger partial charge in [-0.2, -0.15) is 0 Å². The van der Waals surface area contributed by atoms with Crippen molar-refractivity contribution in [3.8, 4) is 0 Å². The standard InChI is InChI=1S/C18H38N/c1-9-17(3,4)11-15-13-19(7,8)14-16(15)12-18(5,6)10-2/h15-16H,9-14H2,1-8H3/q+1. The molecule has 19 heavy (non-hydrogen) atoms. The normalized spacial score (nSPS) is 27.8. The molecule has 1 nitrogen and oxygen atoms in total. The Labute approximate surface area is 122 Å². The van der Waals surface area contributed by atoms with E-state index in [9.17, 15) is 0 Å². The highest BCUT2D eigenvalue weighted by Crippen LogP contribution is 2.43. The van der Waals surface area contributed by atoms with Crippen molar-refractivity contribution in [2.24, 2.45) is 22.7 Å². The first kappa shape index (κ1) is 17.0. The van der Waals surface area contributed by atoms with Gasteiger partial charge in [-0.05, 0) is 23.7 Å². The van der Waals surface area contributed by atoms with Crippen LogP contribution in [0, 0.1) is 22.7 Å². The van der Waals surface area contributed by atoms with Gasteiger partial charge in [-0.3, -0.25) is 0 Å². The minimum atomic E-state index is 0.517. The van der Waals surface area contributed by atoms with Gasteiger partial charge in [0, 0.05) is 11.8 Å². The van der Waals surface area contributed by atoms with Crippen LogP contribution in [0.5, 0.6) is 0 Å². The Hall–Kier alpha value is -0.0400. The van der Waals surface area contributed by atoms with Crippen molar-refractivity contribution in [2.45, 2.75) is 67.2 Å². The zero-order chi connectivity index (χ0) is 14.9. The van der Waals surface area contributed by atoms with Gasteiger partial charge in [0.2, 0.25) is 0 Å². The van der Waals surface area contributed by atoms with Crippen LogP contribution in [0.25, 0.3) is 0 Å². The average molecular weight is 269 g/mol. The van der Waals surface area contributed by atoms with E-state index in [-0.39, 0.29) is 0 Å². The minimum Gasteiger partial charge on any atom is -0.328 e. The van der Waals surface area contributed by atoms with Gasteiger partial charge in [0.05, 0.1) is 27.2 Å². The molecule has 1 aliphatic heterocycles. The topological polar surface area (TPSA) is 0 Å². The summed E-state index contributed by atoms with van der Waals surface area (Å²) in [6, 6.07) is 0. The van der Waals surface area contributed by atoms with Gasteiger partial charge in [0.1, 0.15) is 0 Å². The Kier molecular flexibility index (Phi) is 5.15. The molecule has 0 spiro atoms. The van der Waals surface area contributed by atoms with Gasteiger partial charge in [-0.15, -0.1) is 0 Å². The zero-order valence-corrected chi connectivity index (χ0v) is 14.8. The highest BCUT2D eigenvalue weighted by atomic mass is 15.3. The molecule has 0 bridgehead atoms. The van der Waals surface area contributed by atoms with E-state index in [2.05, 4.69) is 55.6 Å². The van der Waals surface area contributed by atoms with E-state index >= 15 is 0 Å². The van der Waals surface area contributed by atoms with Crippen molar-refractivity contribution in [3.05, 3.63) is 0 Å². The van der Waals surface area contributed by atoms with E-state index in [0.717, 1.165) is 11.8 Å². The number of nitrogens with zero attached hydrogens (tertiary/aromatic N) is 1. The van der Waals surface area contributed by atoms with Crippen LogP contribution in [-0.4, -0.2) is 31.7 Å². The summed E-state index contributed by atoms with van der Waals surface area (Å²) in [5.74, 6) is 1.85. The second-order valence-corrected chi connectivity index (χ2v) is 9.26. The first-order valence-electron chi connectivity index (χ1n) is 8.32. The predicted molar refractivity (Wildman–Crippen MR) is 86.2 cm³/mol. The molecule has 1 saturated heterocycles. The van der Waals surface area contributed by atoms with Crippen molar-refractivity contribution >= 4 is 0 Å². The highest BCUT2D eigenvalue weighted by molar-refractivity contribution is 4.84. The second kappa shape index (κ2) is 5.76. The Balaban J connectivity index is 2.76. The zero-order valence-electron chi connectivity index (χ0n) is 14.8. The lowest BCUT2D eigenvalue weighted by Gasteiger charge is -2.31. The van der Waals surface area contributed by atoms with E-state index < -0.39 is 0 Å². The smallest absolute Gasteiger partial charge is 0.0816 e. The third kappa shape index (κ3) is 5.10. The maximum atomic E-state index is 2.45. The van der Waals surface area contributed by atoms with Crippen LogP contribution >= 0.6 is 0 Å². The molecule has 2 unspecified atom stereocenters. The molecule has 0 radical (unpaired) electrons. The monoisotopic (exact) mass is 268 g/mol. The number of likely N-dealkylation sites (tertiary alicyclic amines) is 1. The van der Waals surface area contributed by atoms with Gasteiger partial charge < -0.3 is 4.48 Å². The van der Waals surface area contributed by atoms with E-state index in [4.69, 9.17) is 0 Å². The number of hydrogen-bond donors (Lipinski definition) is 0. The van der Waals surface area contributed by atoms with Crippen LogP contribution in [-0.2, 0) is 0 Å². The van der Waals surface area contributed by atoms with E-state index in [0.29, 0.717) is 10.8 Å². The largest absolute Gasteiger partial charge is 0.328 e. The summed E-state index contributed by atoms with van der Waals surface area (Å²) in [5.41, 5.74) is 1.03. The molecule has 0 aromatic carbocycles. The first-order valence-corrected chi connectivity index (χ1v) is 8.32. The summed E-state index contributed by atoms with van der Waals surface area (Å²) in [6.45, 7) is 17.3. The SMILES string of the molecule is CCC(C)(C)CC1C[N+](C)(C)CC1CC(C)(C)CC. The van der Waals surface area contributed by atoms with Crippen molar-refractivity contribution in [2.75, 3.05) is 27.2 Å². The molecule has 1 rings (SSSR count). The lowest BCUT2D eigenvalue weighted by Crippen LogP contribution is -2.37. The summed E-state index contributed by atoms with van der Waals surface area (Å²) >= 11 is 0. The van der Waals surface area contributed by atoms with Crippen molar-refractivity contribution in [3.63, 3.8) is 0 Å². The molecule has 0 aromatic heterocycles. The molecule has 0 aliphatic carbocycles. The molecule has 0 N–H and O–H groups in total. The highest BCUT2D eigenvalue weighted by Gasteiger charge is 2.43. The molecular formula is C18H38N+. The summed E-state index contributed by atoms with van der Waals surface area (Å²) in [5, 5.41) is 0. The molecule has 0 aromatic rings. The van der Waals surface area contributed by atoms with E-state index in [1.165, 1.54) is 43.3 Å². The van der Waals surface area contributed by atoms with Crippen LogP contribution in [0.1, 0.15) is 67.2 Å². The Bertz CT molecular complexity index is 260. The summed E-state index contributed by atoms with van der Waals surface area (Å²) in [6.07, 6.45) is 5.44. The molecule has 1 heterocycles. The molecule has 1 heteroatoms. The number of hydrogen-bond acceptors (Lipinski definition) is 0. The van der Waals surface area contributed by atoms with Gasteiger partial charge in [-0.1, -0.05) is 54.4 Å². The fourth-order valence-corrected chi connectivity index (χ4v) is 3.81. The molecule has 0 saturated carbocycles. The summed E-state index contributed by atoms with van der Waals surface area (Å²) in [4.78, 5) is 0. The van der Waals surface area contributed by atoms with Crippen molar-refractivity contribution in [1.29, 1.82) is 0 Å². The fraction of sp³-hybridized carbons (Fsp3) is 1.00. The third-order valence-electron chi connectivity index (χ3n) is 5.67. The van der Waals surface area contributed by atoms with E-state index in [1.807, 2.05) is 0 Å². The van der Waals surface area contributed by atoms with Crippen LogP contribution in [0.15, 0.2) is 0 Å². The maximum absolute atomic E-state index is 2.45. The molecular weight excluding hydrogens is 230 g/mol. The molecule has 2 atom stereocenters. The second-order valence-electron chi connectivity index (χ2n) is 9.26. The van der Waals surface area contributed by atoms with Gasteiger partial charge in [0.15, 0.2) is 0 Å². The van der Waals surface area contributed by atoms with Crippen molar-refractivity contribution in [1.82, 2.24) is 0 Å². The molecule has 1 fully saturated rings. The fourth-order valence-electron chi connectivity index (χ4n) is 3.81. The number of quaternary nitrogens is 1. The summed E-state index contributed by atoms with van der Waals surface area (Å²) in [7, 11) is 4.84. The molecule has 1 aliphatic rings. The Morgan fingerprint density at radius 1 is 0.789 bits per heavy atom. The number of rotatable bonds is 6. The molecule has 0 amide bonds. The third-order valence-corrected chi connectivity index (χ3v) is 5.67. The minimum absolute atomic E-state index is 0.517. The van der Waals surface area contributed by atoms with Crippen LogP contribution in [0.4, 0.5) is 0 Å². The Morgan fingerprint density at radius 2 is 1.11 bits per heavy atom.